The third kappa shape index (κ3) is 3.18. The maximum absolute atomic E-state index is 13.6. The van der Waals surface area contributed by atoms with Gasteiger partial charge >= 0.3 is 0 Å². The molecule has 0 unspecified atom stereocenters. The molecule has 0 saturated heterocycles. The van der Waals surface area contributed by atoms with Crippen molar-refractivity contribution in [2.45, 2.75) is 4.90 Å². The topological polar surface area (TPSA) is 115 Å². The van der Waals surface area contributed by atoms with E-state index in [1.165, 1.54) is 0 Å². The number of nitrogens with two attached hydrogens (primary N) is 1. The van der Waals surface area contributed by atoms with Gasteiger partial charge in [-0.05, 0) is 24.3 Å². The summed E-state index contributed by atoms with van der Waals surface area (Å²) in [5.41, 5.74) is 4.28. The molecule has 0 aliphatic heterocycles. The Morgan fingerprint density at radius 3 is 2.35 bits per heavy atom. The zero-order valence-corrected chi connectivity index (χ0v) is 11.9. The summed E-state index contributed by atoms with van der Waals surface area (Å²) in [5, 5.41) is 10.7. The lowest BCUT2D eigenvalue weighted by molar-refractivity contribution is -0.383. The highest BCUT2D eigenvalue weighted by Crippen LogP contribution is 2.27. The molecule has 0 amide bonds. The third-order valence-corrected chi connectivity index (χ3v) is 4.17. The quantitative estimate of drug-likeness (QED) is 0.381. The van der Waals surface area contributed by atoms with Crippen LogP contribution in [0.2, 0.25) is 0 Å². The smallest absolute Gasteiger partial charge is 0.294 e. The molecule has 7 nitrogen and oxygen atoms in total. The number of nitrogens with zero attached hydrogens (tertiary/aromatic N) is 1. The maximum Gasteiger partial charge on any atom is 0.294 e. The standard InChI is InChI=1S/C12H8F3N3O4S/c13-7-2-4-10(12(15)11(7)14)23(21,22)17-6-1-3-8(16)9(5-6)18(19)20/h1-5,17H,16H2. The molecule has 0 bridgehead atoms. The van der Waals surface area contributed by atoms with E-state index in [1.54, 1.807) is 0 Å². The van der Waals surface area contributed by atoms with Gasteiger partial charge in [0.05, 0.1) is 10.6 Å². The van der Waals surface area contributed by atoms with E-state index in [2.05, 4.69) is 0 Å². The van der Waals surface area contributed by atoms with Crippen LogP contribution in [0.15, 0.2) is 35.2 Å². The molecular weight excluding hydrogens is 339 g/mol. The van der Waals surface area contributed by atoms with Gasteiger partial charge in [0, 0.05) is 6.07 Å². The van der Waals surface area contributed by atoms with Crippen LogP contribution in [0, 0.1) is 27.6 Å². The van der Waals surface area contributed by atoms with Crippen LogP contribution in [0.1, 0.15) is 0 Å². The Balaban J connectivity index is 2.45. The monoisotopic (exact) mass is 347 g/mol. The van der Waals surface area contributed by atoms with Crippen LogP contribution >= 0.6 is 0 Å². The Hall–Kier alpha value is -2.82. The normalized spacial score (nSPS) is 11.3. The fraction of sp³-hybridized carbons (Fsp3) is 0. The number of nitro groups is 1. The van der Waals surface area contributed by atoms with Gasteiger partial charge in [-0.25, -0.2) is 21.6 Å². The second-order valence-electron chi connectivity index (χ2n) is 4.31. The molecule has 0 aliphatic carbocycles. The van der Waals surface area contributed by atoms with Crippen LogP contribution in [-0.2, 0) is 10.0 Å². The van der Waals surface area contributed by atoms with E-state index in [0.29, 0.717) is 12.1 Å². The summed E-state index contributed by atoms with van der Waals surface area (Å²) >= 11 is 0. The van der Waals surface area contributed by atoms with Crippen LogP contribution in [0.25, 0.3) is 0 Å². The van der Waals surface area contributed by atoms with Crippen molar-refractivity contribution in [2.75, 3.05) is 10.5 Å². The number of hydrogen-bond acceptors (Lipinski definition) is 5. The molecule has 0 radical (unpaired) electrons. The van der Waals surface area contributed by atoms with Crippen molar-refractivity contribution in [1.82, 2.24) is 0 Å². The first-order valence-electron chi connectivity index (χ1n) is 5.83. The van der Waals surface area contributed by atoms with E-state index in [4.69, 9.17) is 5.73 Å². The van der Waals surface area contributed by atoms with Gasteiger partial charge in [0.1, 0.15) is 10.6 Å². The van der Waals surface area contributed by atoms with Gasteiger partial charge in [0.15, 0.2) is 17.5 Å². The molecule has 2 aromatic rings. The first kappa shape index (κ1) is 16.5. The Morgan fingerprint density at radius 1 is 1.09 bits per heavy atom. The average Bonchev–Trinajstić information content (AvgIpc) is 2.46. The summed E-state index contributed by atoms with van der Waals surface area (Å²) in [4.78, 5) is 8.76. The van der Waals surface area contributed by atoms with Gasteiger partial charge in [0.2, 0.25) is 0 Å². The summed E-state index contributed by atoms with van der Waals surface area (Å²) in [5.74, 6) is -5.40. The molecule has 0 heterocycles. The van der Waals surface area contributed by atoms with Crippen LogP contribution in [0.3, 0.4) is 0 Å². The zero-order chi connectivity index (χ0) is 17.4. The van der Waals surface area contributed by atoms with Gasteiger partial charge in [-0.1, -0.05) is 0 Å². The van der Waals surface area contributed by atoms with Crippen molar-refractivity contribution >= 4 is 27.1 Å². The maximum atomic E-state index is 13.6. The van der Waals surface area contributed by atoms with Crippen molar-refractivity contribution in [3.8, 4) is 0 Å². The molecule has 3 N–H and O–H groups in total. The molecule has 11 heteroatoms. The van der Waals surface area contributed by atoms with Crippen molar-refractivity contribution in [3.05, 3.63) is 57.9 Å². The van der Waals surface area contributed by atoms with Gasteiger partial charge < -0.3 is 5.73 Å². The predicted octanol–water partition coefficient (Wildman–Crippen LogP) is 2.40. The lowest BCUT2D eigenvalue weighted by Crippen LogP contribution is -2.16. The number of benzene rings is 2. The fourth-order valence-corrected chi connectivity index (χ4v) is 2.81. The van der Waals surface area contributed by atoms with E-state index >= 15 is 0 Å². The summed E-state index contributed by atoms with van der Waals surface area (Å²) in [7, 11) is -4.63. The number of hydrogen-bond donors (Lipinski definition) is 2. The second-order valence-corrected chi connectivity index (χ2v) is 5.96. The summed E-state index contributed by atoms with van der Waals surface area (Å²) < 4.78 is 65.4. The Morgan fingerprint density at radius 2 is 1.74 bits per heavy atom. The average molecular weight is 347 g/mol. The second kappa shape index (κ2) is 5.76. The molecule has 2 aromatic carbocycles. The van der Waals surface area contributed by atoms with Crippen LogP contribution in [-0.4, -0.2) is 13.3 Å². The molecule has 0 spiro atoms. The number of rotatable bonds is 4. The van der Waals surface area contributed by atoms with Crippen LogP contribution < -0.4 is 10.5 Å². The Labute approximate surface area is 127 Å². The molecule has 0 saturated carbocycles. The number of halogens is 3. The number of nitrogen functional groups attached to an aromatic ring is 1. The summed E-state index contributed by atoms with van der Waals surface area (Å²) in [6.07, 6.45) is 0. The van der Waals surface area contributed by atoms with Crippen molar-refractivity contribution in [1.29, 1.82) is 0 Å². The number of anilines is 2. The highest BCUT2D eigenvalue weighted by molar-refractivity contribution is 7.92. The van der Waals surface area contributed by atoms with Crippen LogP contribution in [0.4, 0.5) is 30.2 Å². The first-order chi connectivity index (χ1) is 10.6. The Kier molecular flexibility index (Phi) is 4.14. The Bertz CT molecular complexity index is 903. The predicted molar refractivity (Wildman–Crippen MR) is 74.6 cm³/mol. The van der Waals surface area contributed by atoms with Gasteiger partial charge in [-0.15, -0.1) is 0 Å². The molecule has 0 atom stereocenters. The van der Waals surface area contributed by atoms with Gasteiger partial charge in [0.25, 0.3) is 15.7 Å². The zero-order valence-electron chi connectivity index (χ0n) is 11.1. The molecule has 2 rings (SSSR count). The fourth-order valence-electron chi connectivity index (χ4n) is 1.69. The van der Waals surface area contributed by atoms with Crippen molar-refractivity contribution in [2.24, 2.45) is 0 Å². The van der Waals surface area contributed by atoms with E-state index in [1.807, 2.05) is 4.72 Å². The van der Waals surface area contributed by atoms with Gasteiger partial charge in [-0.3, -0.25) is 14.8 Å². The number of sulfonamides is 1. The molecule has 0 aromatic heterocycles. The molecular formula is C12H8F3N3O4S. The highest BCUT2D eigenvalue weighted by atomic mass is 32.2. The van der Waals surface area contributed by atoms with E-state index in [-0.39, 0.29) is 11.4 Å². The van der Waals surface area contributed by atoms with Crippen molar-refractivity contribution in [3.63, 3.8) is 0 Å². The molecule has 122 valence electrons. The van der Waals surface area contributed by atoms with E-state index < -0.39 is 43.0 Å². The number of nitro benzene ring substituents is 1. The lowest BCUT2D eigenvalue weighted by Gasteiger charge is -2.10. The van der Waals surface area contributed by atoms with Gasteiger partial charge in [-0.2, -0.15) is 0 Å². The summed E-state index contributed by atoms with van der Waals surface area (Å²) in [6.45, 7) is 0. The molecule has 0 aliphatic rings. The minimum atomic E-state index is -4.63. The van der Waals surface area contributed by atoms with Crippen LogP contribution in [0.5, 0.6) is 0 Å². The lowest BCUT2D eigenvalue weighted by atomic mass is 10.2. The van der Waals surface area contributed by atoms with E-state index in [0.717, 1.165) is 18.2 Å². The van der Waals surface area contributed by atoms with E-state index in [9.17, 15) is 31.7 Å². The minimum absolute atomic E-state index is 0.211. The largest absolute Gasteiger partial charge is 0.393 e. The molecule has 23 heavy (non-hydrogen) atoms. The van der Waals surface area contributed by atoms with Crippen molar-refractivity contribution < 1.29 is 26.5 Å². The SMILES string of the molecule is Nc1ccc(NS(=O)(=O)c2ccc(F)c(F)c2F)cc1[N+](=O)[O-]. The third-order valence-electron chi connectivity index (χ3n) is 2.77. The molecule has 0 fully saturated rings. The number of nitrogens with one attached hydrogen (secondary N) is 1. The summed E-state index contributed by atoms with van der Waals surface area (Å²) in [6, 6.07) is 3.94. The first-order valence-corrected chi connectivity index (χ1v) is 7.32. The highest BCUT2D eigenvalue weighted by Gasteiger charge is 2.25. The minimum Gasteiger partial charge on any atom is -0.393 e.